The van der Waals surface area contributed by atoms with Crippen molar-refractivity contribution in [2.75, 3.05) is 0 Å². The first-order chi connectivity index (χ1) is 30.7. The smallest absolute Gasteiger partial charge is 0.164 e. The van der Waals surface area contributed by atoms with Crippen LogP contribution in [0.3, 0.4) is 0 Å². The molecule has 0 fully saturated rings. The Kier molecular flexibility index (Phi) is 7.54. The molecule has 0 N–H and O–H groups in total. The predicted octanol–water partition coefficient (Wildman–Crippen LogP) is 15.0. The molecule has 62 heavy (non-hydrogen) atoms. The number of nitrogens with zero attached hydrogens (tertiary/aromatic N) is 4. The Morgan fingerprint density at radius 1 is 0.323 bits per heavy atom. The normalized spacial score (nSPS) is 11.9. The SMILES string of the molecule is c1ccc(-c2nc(-c3ccc4oc5ccc6ccc(-n7c8cc9ccccc9cc8c8c9ccccc9ccc87)cc6c5c4c3)nc(-c3ccccc3-c3ccccc3)n2)cc1. The van der Waals surface area contributed by atoms with Crippen molar-refractivity contribution in [2.45, 2.75) is 0 Å². The summed E-state index contributed by atoms with van der Waals surface area (Å²) in [6, 6.07) is 72.8. The summed E-state index contributed by atoms with van der Waals surface area (Å²) in [4.78, 5) is 15.4. The van der Waals surface area contributed by atoms with Gasteiger partial charge >= 0.3 is 0 Å². The largest absolute Gasteiger partial charge is 0.456 e. The molecule has 0 aliphatic heterocycles. The molecule has 0 saturated carbocycles. The summed E-state index contributed by atoms with van der Waals surface area (Å²) in [6.45, 7) is 0. The lowest BCUT2D eigenvalue weighted by Gasteiger charge is -2.12. The van der Waals surface area contributed by atoms with Crippen LogP contribution in [0.1, 0.15) is 0 Å². The van der Waals surface area contributed by atoms with Gasteiger partial charge in [0.25, 0.3) is 0 Å². The summed E-state index contributed by atoms with van der Waals surface area (Å²) in [6.07, 6.45) is 0. The second kappa shape index (κ2) is 13.6. The molecular weight excluding hydrogens is 757 g/mol. The monoisotopic (exact) mass is 790 g/mol. The van der Waals surface area contributed by atoms with E-state index in [0.29, 0.717) is 17.5 Å². The van der Waals surface area contributed by atoms with E-state index >= 15 is 0 Å². The van der Waals surface area contributed by atoms with Crippen LogP contribution in [0.5, 0.6) is 0 Å². The van der Waals surface area contributed by atoms with E-state index in [0.717, 1.165) is 66.2 Å². The number of furan rings is 1. The van der Waals surface area contributed by atoms with Gasteiger partial charge < -0.3 is 8.98 Å². The number of hydrogen-bond donors (Lipinski definition) is 0. The predicted molar refractivity (Wildman–Crippen MR) is 256 cm³/mol. The van der Waals surface area contributed by atoms with Gasteiger partial charge in [-0.1, -0.05) is 152 Å². The molecule has 5 nitrogen and oxygen atoms in total. The first-order valence-electron chi connectivity index (χ1n) is 20.9. The van der Waals surface area contributed by atoms with Crippen LogP contribution in [-0.4, -0.2) is 19.5 Å². The Hall–Kier alpha value is -8.41. The van der Waals surface area contributed by atoms with Gasteiger partial charge in [-0.3, -0.25) is 0 Å². The van der Waals surface area contributed by atoms with E-state index in [1.807, 2.05) is 48.5 Å². The van der Waals surface area contributed by atoms with Crippen molar-refractivity contribution in [1.29, 1.82) is 0 Å². The fourth-order valence-corrected chi connectivity index (χ4v) is 9.50. The molecule has 0 saturated heterocycles. The molecule has 0 aliphatic rings. The van der Waals surface area contributed by atoms with Crippen molar-refractivity contribution in [1.82, 2.24) is 19.5 Å². The maximum atomic E-state index is 6.61. The minimum atomic E-state index is 0.596. The summed E-state index contributed by atoms with van der Waals surface area (Å²) >= 11 is 0. The lowest BCUT2D eigenvalue weighted by Crippen LogP contribution is -2.01. The number of rotatable bonds is 5. The third-order valence-corrected chi connectivity index (χ3v) is 12.4. The van der Waals surface area contributed by atoms with Gasteiger partial charge in [-0.2, -0.15) is 0 Å². The standard InChI is InChI=1S/C57H34N4O/c1-3-13-35(14-4-1)43-20-11-12-22-45(43)57-59-55(38-16-5-2-6-17-38)58-56(60-57)41-26-29-51-48(32-41)54-46-34-42(27-23-37(46)25-30-52(54)62-51)61-49-28-24-36-15-9-10-21-44(36)53(49)47-31-39-18-7-8-19-40(39)33-50(47)61/h1-34H. The molecule has 288 valence electrons. The van der Waals surface area contributed by atoms with Gasteiger partial charge in [0.05, 0.1) is 11.0 Å². The van der Waals surface area contributed by atoms with Gasteiger partial charge in [0.1, 0.15) is 11.2 Å². The Labute approximate surface area is 355 Å². The fraction of sp³-hybridized carbons (Fsp3) is 0. The molecule has 10 aromatic carbocycles. The molecule has 0 bridgehead atoms. The van der Waals surface area contributed by atoms with Crippen molar-refractivity contribution < 1.29 is 4.42 Å². The van der Waals surface area contributed by atoms with Crippen molar-refractivity contribution in [2.24, 2.45) is 0 Å². The van der Waals surface area contributed by atoms with Crippen LogP contribution in [0.2, 0.25) is 0 Å². The maximum Gasteiger partial charge on any atom is 0.164 e. The summed E-state index contributed by atoms with van der Waals surface area (Å²) in [7, 11) is 0. The molecule has 0 atom stereocenters. The highest BCUT2D eigenvalue weighted by molar-refractivity contribution is 6.24. The molecule has 0 unspecified atom stereocenters. The van der Waals surface area contributed by atoms with Gasteiger partial charge in [0.15, 0.2) is 17.5 Å². The van der Waals surface area contributed by atoms with Crippen LogP contribution in [0.25, 0.3) is 127 Å². The van der Waals surface area contributed by atoms with Crippen molar-refractivity contribution in [3.63, 3.8) is 0 Å². The molecular formula is C57H34N4O. The highest BCUT2D eigenvalue weighted by atomic mass is 16.3. The number of hydrogen-bond acceptors (Lipinski definition) is 4. The van der Waals surface area contributed by atoms with E-state index in [9.17, 15) is 0 Å². The third-order valence-electron chi connectivity index (χ3n) is 12.4. The molecule has 3 aromatic heterocycles. The molecule has 0 aliphatic carbocycles. The van der Waals surface area contributed by atoms with Crippen LogP contribution in [-0.2, 0) is 0 Å². The molecule has 0 spiro atoms. The highest BCUT2D eigenvalue weighted by Crippen LogP contribution is 2.42. The molecule has 13 rings (SSSR count). The average molecular weight is 791 g/mol. The Morgan fingerprint density at radius 3 is 1.76 bits per heavy atom. The van der Waals surface area contributed by atoms with Crippen molar-refractivity contribution in [3.8, 4) is 51.0 Å². The van der Waals surface area contributed by atoms with E-state index in [2.05, 4.69) is 162 Å². The van der Waals surface area contributed by atoms with Gasteiger partial charge in [-0.25, -0.2) is 15.0 Å². The zero-order chi connectivity index (χ0) is 40.7. The van der Waals surface area contributed by atoms with Crippen molar-refractivity contribution >= 4 is 76.1 Å². The summed E-state index contributed by atoms with van der Waals surface area (Å²) in [5.74, 6) is 1.83. The summed E-state index contributed by atoms with van der Waals surface area (Å²) in [5.41, 5.74) is 10.00. The zero-order valence-corrected chi connectivity index (χ0v) is 33.3. The second-order valence-electron chi connectivity index (χ2n) is 16.0. The third kappa shape index (κ3) is 5.38. The van der Waals surface area contributed by atoms with Crippen LogP contribution in [0.4, 0.5) is 0 Å². The van der Waals surface area contributed by atoms with E-state index in [4.69, 9.17) is 19.4 Å². The summed E-state index contributed by atoms with van der Waals surface area (Å²) < 4.78 is 9.04. The highest BCUT2D eigenvalue weighted by Gasteiger charge is 2.20. The van der Waals surface area contributed by atoms with Crippen molar-refractivity contribution in [3.05, 3.63) is 206 Å². The molecule has 13 aromatic rings. The van der Waals surface area contributed by atoms with E-state index < -0.39 is 0 Å². The van der Waals surface area contributed by atoms with Crippen LogP contribution < -0.4 is 0 Å². The number of benzene rings is 10. The molecule has 3 heterocycles. The van der Waals surface area contributed by atoms with Crippen LogP contribution in [0.15, 0.2) is 211 Å². The van der Waals surface area contributed by atoms with Crippen LogP contribution >= 0.6 is 0 Å². The second-order valence-corrected chi connectivity index (χ2v) is 16.0. The number of fused-ring (bicyclic) bond motifs is 11. The number of aromatic nitrogens is 4. The van der Waals surface area contributed by atoms with E-state index in [1.165, 1.54) is 43.4 Å². The Balaban J connectivity index is 1.03. The molecule has 0 amide bonds. The summed E-state index contributed by atoms with van der Waals surface area (Å²) in [5, 5.41) is 11.7. The van der Waals surface area contributed by atoms with Gasteiger partial charge in [-0.15, -0.1) is 0 Å². The minimum Gasteiger partial charge on any atom is -0.456 e. The van der Waals surface area contributed by atoms with E-state index in [-0.39, 0.29) is 0 Å². The lowest BCUT2D eigenvalue weighted by molar-refractivity contribution is 0.669. The molecule has 0 radical (unpaired) electrons. The lowest BCUT2D eigenvalue weighted by atomic mass is 9.99. The van der Waals surface area contributed by atoms with Gasteiger partial charge in [0, 0.05) is 43.9 Å². The molecule has 5 heteroatoms. The van der Waals surface area contributed by atoms with Gasteiger partial charge in [0.2, 0.25) is 0 Å². The topological polar surface area (TPSA) is 56.7 Å². The Morgan fingerprint density at radius 2 is 0.935 bits per heavy atom. The minimum absolute atomic E-state index is 0.596. The zero-order valence-electron chi connectivity index (χ0n) is 33.3. The van der Waals surface area contributed by atoms with E-state index in [1.54, 1.807) is 0 Å². The average Bonchev–Trinajstić information content (AvgIpc) is 3.89. The van der Waals surface area contributed by atoms with Gasteiger partial charge in [-0.05, 0) is 98.0 Å². The van der Waals surface area contributed by atoms with Crippen LogP contribution in [0, 0.1) is 0 Å². The maximum absolute atomic E-state index is 6.61. The first-order valence-corrected chi connectivity index (χ1v) is 20.9. The Bertz CT molecular complexity index is 3920. The quantitative estimate of drug-likeness (QED) is 0.174. The fourth-order valence-electron chi connectivity index (χ4n) is 9.50. The first kappa shape index (κ1) is 34.5.